The van der Waals surface area contributed by atoms with Crippen LogP contribution < -0.4 is 5.32 Å². The molecule has 0 unspecified atom stereocenters. The number of halogens is 1. The summed E-state index contributed by atoms with van der Waals surface area (Å²) in [6.45, 7) is 4.61. The molecule has 18 heavy (non-hydrogen) atoms. The van der Waals surface area contributed by atoms with Gasteiger partial charge < -0.3 is 10.1 Å². The lowest BCUT2D eigenvalue weighted by atomic mass is 10.1. The Morgan fingerprint density at radius 2 is 2.11 bits per heavy atom. The molecule has 0 bridgehead atoms. The fourth-order valence-electron chi connectivity index (χ4n) is 1.47. The van der Waals surface area contributed by atoms with Crippen LogP contribution in [0.15, 0.2) is 18.5 Å². The maximum absolute atomic E-state index is 5.98. The molecule has 6 heteroatoms. The minimum atomic E-state index is -0.277. The highest BCUT2D eigenvalue weighted by Crippen LogP contribution is 2.25. The smallest absolute Gasteiger partial charge is 0.161 e. The van der Waals surface area contributed by atoms with Crippen molar-refractivity contribution >= 4 is 28.2 Å². The molecule has 0 radical (unpaired) electrons. The highest BCUT2D eigenvalue weighted by molar-refractivity contribution is 6.34. The number of methoxy groups -OCH3 is 1. The van der Waals surface area contributed by atoms with Crippen molar-refractivity contribution in [1.82, 2.24) is 15.2 Å². The van der Waals surface area contributed by atoms with Gasteiger partial charge in [-0.3, -0.25) is 4.98 Å². The number of pyridine rings is 1. The molecule has 0 aromatic carbocycles. The fraction of sp³-hybridized carbons (Fsp3) is 0.417. The van der Waals surface area contributed by atoms with E-state index in [9.17, 15) is 0 Å². The predicted molar refractivity (Wildman–Crippen MR) is 71.9 cm³/mol. The van der Waals surface area contributed by atoms with Gasteiger partial charge in [0.05, 0.1) is 5.60 Å². The number of nitrogens with zero attached hydrogens (tertiary/aromatic N) is 3. The molecule has 2 rings (SSSR count). The number of hydrogen-bond donors (Lipinski definition) is 1. The average molecular weight is 267 g/mol. The van der Waals surface area contributed by atoms with Crippen LogP contribution in [0.1, 0.15) is 13.8 Å². The third-order valence-electron chi connectivity index (χ3n) is 2.77. The van der Waals surface area contributed by atoms with E-state index >= 15 is 0 Å². The van der Waals surface area contributed by atoms with E-state index in [0.29, 0.717) is 17.5 Å². The number of rotatable bonds is 4. The highest BCUT2D eigenvalue weighted by Gasteiger charge is 2.17. The lowest BCUT2D eigenvalue weighted by Gasteiger charge is -2.23. The van der Waals surface area contributed by atoms with Gasteiger partial charge in [0.15, 0.2) is 11.0 Å². The van der Waals surface area contributed by atoms with Crippen LogP contribution in [0.2, 0.25) is 5.15 Å². The summed E-state index contributed by atoms with van der Waals surface area (Å²) in [4.78, 5) is 4.04. The molecular weight excluding hydrogens is 252 g/mol. The summed E-state index contributed by atoms with van der Waals surface area (Å²) in [6.07, 6.45) is 3.38. The monoisotopic (exact) mass is 266 g/mol. The second-order valence-corrected chi connectivity index (χ2v) is 4.94. The maximum Gasteiger partial charge on any atom is 0.161 e. The molecule has 1 N–H and O–H groups in total. The van der Waals surface area contributed by atoms with Crippen LogP contribution >= 0.6 is 11.6 Å². The van der Waals surface area contributed by atoms with Crippen LogP contribution in [-0.2, 0) is 4.74 Å². The minimum Gasteiger partial charge on any atom is -0.377 e. The zero-order chi connectivity index (χ0) is 13.2. The largest absolute Gasteiger partial charge is 0.377 e. The summed E-state index contributed by atoms with van der Waals surface area (Å²) in [7, 11) is 1.68. The van der Waals surface area contributed by atoms with E-state index in [1.165, 1.54) is 0 Å². The van der Waals surface area contributed by atoms with Crippen LogP contribution in [0.3, 0.4) is 0 Å². The molecule has 0 fully saturated rings. The minimum absolute atomic E-state index is 0.277. The van der Waals surface area contributed by atoms with Crippen molar-refractivity contribution in [2.75, 3.05) is 19.0 Å². The lowest BCUT2D eigenvalue weighted by molar-refractivity contribution is 0.0343. The van der Waals surface area contributed by atoms with Crippen LogP contribution in [0, 0.1) is 0 Å². The summed E-state index contributed by atoms with van der Waals surface area (Å²) in [5.74, 6) is 0.682. The van der Waals surface area contributed by atoms with E-state index in [1.54, 1.807) is 19.5 Å². The first kappa shape index (κ1) is 13.0. The Morgan fingerprint density at radius 1 is 1.33 bits per heavy atom. The van der Waals surface area contributed by atoms with E-state index in [0.717, 1.165) is 10.8 Å². The second kappa shape index (κ2) is 5.04. The molecule has 0 atom stereocenters. The van der Waals surface area contributed by atoms with Crippen LogP contribution in [0.25, 0.3) is 10.8 Å². The average Bonchev–Trinajstić information content (AvgIpc) is 2.38. The highest BCUT2D eigenvalue weighted by atomic mass is 35.5. The Labute approximate surface area is 111 Å². The van der Waals surface area contributed by atoms with E-state index < -0.39 is 0 Å². The fourth-order valence-corrected chi connectivity index (χ4v) is 1.65. The van der Waals surface area contributed by atoms with Crippen molar-refractivity contribution in [2.24, 2.45) is 0 Å². The number of ether oxygens (including phenoxy) is 1. The molecule has 2 aromatic heterocycles. The van der Waals surface area contributed by atoms with Gasteiger partial charge in [0, 0.05) is 36.8 Å². The van der Waals surface area contributed by atoms with Crippen molar-refractivity contribution < 1.29 is 4.74 Å². The summed E-state index contributed by atoms with van der Waals surface area (Å²) in [6, 6.07) is 1.86. The van der Waals surface area contributed by atoms with Gasteiger partial charge in [-0.25, -0.2) is 0 Å². The molecule has 0 saturated carbocycles. The summed E-state index contributed by atoms with van der Waals surface area (Å²) in [5, 5.41) is 13.2. The number of fused-ring (bicyclic) bond motifs is 1. The number of nitrogens with one attached hydrogen (secondary N) is 1. The maximum atomic E-state index is 5.98. The molecule has 0 spiro atoms. The van der Waals surface area contributed by atoms with E-state index in [2.05, 4.69) is 20.5 Å². The van der Waals surface area contributed by atoms with Crippen LogP contribution in [0.5, 0.6) is 0 Å². The molecular formula is C12H15ClN4O. The van der Waals surface area contributed by atoms with Crippen molar-refractivity contribution in [3.63, 3.8) is 0 Å². The Hall–Kier alpha value is -1.46. The Bertz CT molecular complexity index is 559. The molecule has 0 aliphatic heterocycles. The lowest BCUT2D eigenvalue weighted by Crippen LogP contribution is -2.32. The van der Waals surface area contributed by atoms with Gasteiger partial charge in [-0.05, 0) is 19.9 Å². The van der Waals surface area contributed by atoms with Crippen molar-refractivity contribution in [3.05, 3.63) is 23.6 Å². The third-order valence-corrected chi connectivity index (χ3v) is 3.05. The Balaban J connectivity index is 2.32. The van der Waals surface area contributed by atoms with E-state index in [4.69, 9.17) is 16.3 Å². The molecule has 5 nitrogen and oxygen atoms in total. The second-order valence-electron chi connectivity index (χ2n) is 4.58. The molecule has 0 aliphatic rings. The Kier molecular flexibility index (Phi) is 3.63. The summed E-state index contributed by atoms with van der Waals surface area (Å²) < 4.78 is 5.35. The van der Waals surface area contributed by atoms with Crippen molar-refractivity contribution in [3.8, 4) is 0 Å². The first-order valence-corrected chi connectivity index (χ1v) is 5.96. The van der Waals surface area contributed by atoms with Crippen molar-refractivity contribution in [2.45, 2.75) is 19.4 Å². The molecule has 0 saturated heterocycles. The standard InChI is InChI=1S/C12H15ClN4O/c1-12(2,18-3)7-15-11-8-4-5-14-6-9(8)10(13)16-17-11/h4-6H,7H2,1-3H3,(H,15,17). The van der Waals surface area contributed by atoms with Gasteiger partial charge >= 0.3 is 0 Å². The molecule has 2 heterocycles. The number of hydrogen-bond acceptors (Lipinski definition) is 5. The SMILES string of the molecule is COC(C)(C)CNc1nnc(Cl)c2cnccc12. The van der Waals surface area contributed by atoms with Gasteiger partial charge in [-0.15, -0.1) is 10.2 Å². The normalized spacial score (nSPS) is 11.8. The van der Waals surface area contributed by atoms with Gasteiger partial charge in [0.25, 0.3) is 0 Å². The first-order valence-electron chi connectivity index (χ1n) is 5.58. The van der Waals surface area contributed by atoms with Crippen LogP contribution in [-0.4, -0.2) is 34.4 Å². The van der Waals surface area contributed by atoms with Crippen molar-refractivity contribution in [1.29, 1.82) is 0 Å². The molecule has 96 valence electrons. The summed E-state index contributed by atoms with van der Waals surface area (Å²) in [5.41, 5.74) is -0.277. The van der Waals surface area contributed by atoms with Crippen LogP contribution in [0.4, 0.5) is 5.82 Å². The summed E-state index contributed by atoms with van der Waals surface area (Å²) >= 11 is 5.98. The van der Waals surface area contributed by atoms with Gasteiger partial charge in [-0.2, -0.15) is 0 Å². The quantitative estimate of drug-likeness (QED) is 0.921. The Morgan fingerprint density at radius 3 is 2.83 bits per heavy atom. The zero-order valence-electron chi connectivity index (χ0n) is 10.6. The zero-order valence-corrected chi connectivity index (χ0v) is 11.3. The number of aromatic nitrogens is 3. The first-order chi connectivity index (χ1) is 8.53. The van der Waals surface area contributed by atoms with Gasteiger partial charge in [-0.1, -0.05) is 11.6 Å². The van der Waals surface area contributed by atoms with E-state index in [1.807, 2.05) is 19.9 Å². The van der Waals surface area contributed by atoms with E-state index in [-0.39, 0.29) is 5.60 Å². The van der Waals surface area contributed by atoms with Gasteiger partial charge in [0.1, 0.15) is 0 Å². The third kappa shape index (κ3) is 2.68. The predicted octanol–water partition coefficient (Wildman–Crippen LogP) is 2.52. The topological polar surface area (TPSA) is 59.9 Å². The number of anilines is 1. The molecule has 0 amide bonds. The molecule has 0 aliphatic carbocycles. The molecule has 2 aromatic rings. The van der Waals surface area contributed by atoms with Gasteiger partial charge in [0.2, 0.25) is 0 Å².